The Morgan fingerprint density at radius 1 is 1.29 bits per heavy atom. The lowest BCUT2D eigenvalue weighted by Gasteiger charge is -2.36. The third-order valence-corrected chi connectivity index (χ3v) is 6.70. The summed E-state index contributed by atoms with van der Waals surface area (Å²) in [6.07, 6.45) is 0. The van der Waals surface area contributed by atoms with Gasteiger partial charge in [-0.05, 0) is 26.0 Å². The Balaban J connectivity index is 0.00000220. The van der Waals surface area contributed by atoms with Gasteiger partial charge in [-0.2, -0.15) is 4.31 Å². The molecule has 2 N–H and O–H groups in total. The number of rotatable bonds is 4. The van der Waals surface area contributed by atoms with Crippen LogP contribution >= 0.6 is 35.3 Å². The molecule has 0 saturated carbocycles. The van der Waals surface area contributed by atoms with E-state index in [0.717, 1.165) is 17.9 Å². The molecule has 1 fully saturated rings. The average molecular weight is 374 g/mol. The summed E-state index contributed by atoms with van der Waals surface area (Å²) >= 11 is 6.92. The van der Waals surface area contributed by atoms with E-state index in [0.29, 0.717) is 34.7 Å². The van der Waals surface area contributed by atoms with Crippen molar-refractivity contribution >= 4 is 45.4 Å². The zero-order chi connectivity index (χ0) is 15.0. The fraction of sp³-hybridized carbons (Fsp3) is 0.667. The maximum atomic E-state index is 12.4. The predicted molar refractivity (Wildman–Crippen MR) is 90.0 cm³/mol. The van der Waals surface area contributed by atoms with Crippen LogP contribution < -0.4 is 5.73 Å². The molecular weight excluding hydrogens is 353 g/mol. The third kappa shape index (κ3) is 5.06. The summed E-state index contributed by atoms with van der Waals surface area (Å²) in [7, 11) is -3.40. The predicted octanol–water partition coefficient (Wildman–Crippen LogP) is 1.87. The molecule has 5 nitrogen and oxygen atoms in total. The number of nitrogens with zero attached hydrogens (tertiary/aromatic N) is 2. The van der Waals surface area contributed by atoms with E-state index in [1.54, 1.807) is 12.1 Å². The number of nitrogens with two attached hydrogens (primary N) is 1. The van der Waals surface area contributed by atoms with Crippen molar-refractivity contribution in [3.05, 3.63) is 16.5 Å². The molecule has 0 aliphatic carbocycles. The Morgan fingerprint density at radius 3 is 2.29 bits per heavy atom. The molecule has 0 spiro atoms. The van der Waals surface area contributed by atoms with E-state index in [4.69, 9.17) is 17.3 Å². The minimum absolute atomic E-state index is 0. The van der Waals surface area contributed by atoms with Crippen LogP contribution in [0, 0.1) is 0 Å². The summed E-state index contributed by atoms with van der Waals surface area (Å²) < 4.78 is 27.2. The molecule has 2 rings (SSSR count). The summed E-state index contributed by atoms with van der Waals surface area (Å²) in [6.45, 7) is 7.12. The van der Waals surface area contributed by atoms with Gasteiger partial charge in [-0.3, -0.25) is 4.90 Å². The monoisotopic (exact) mass is 373 g/mol. The highest BCUT2D eigenvalue weighted by Crippen LogP contribution is 2.28. The molecule has 1 aromatic rings. The van der Waals surface area contributed by atoms with Crippen LogP contribution in [-0.2, 0) is 10.0 Å². The second kappa shape index (κ2) is 7.12. The van der Waals surface area contributed by atoms with Crippen LogP contribution in [0.3, 0.4) is 0 Å². The first kappa shape index (κ1) is 19.2. The van der Waals surface area contributed by atoms with Gasteiger partial charge in [0.2, 0.25) is 0 Å². The highest BCUT2D eigenvalue weighted by atomic mass is 35.5. The van der Waals surface area contributed by atoms with Crippen LogP contribution in [0.4, 0.5) is 0 Å². The summed E-state index contributed by atoms with van der Waals surface area (Å²) in [4.78, 5) is 2.20. The van der Waals surface area contributed by atoms with E-state index in [1.165, 1.54) is 4.31 Å². The highest BCUT2D eigenvalue weighted by Gasteiger charge is 2.30. The van der Waals surface area contributed by atoms with Gasteiger partial charge in [0.1, 0.15) is 4.21 Å². The van der Waals surface area contributed by atoms with Crippen molar-refractivity contribution < 1.29 is 8.42 Å². The molecule has 21 heavy (non-hydrogen) atoms. The molecule has 9 heteroatoms. The summed E-state index contributed by atoms with van der Waals surface area (Å²) in [5, 5.41) is 0. The molecule has 0 radical (unpaired) electrons. The molecule has 0 unspecified atom stereocenters. The quantitative estimate of drug-likeness (QED) is 0.874. The molecule has 0 bridgehead atoms. The number of hydrogen-bond acceptors (Lipinski definition) is 5. The largest absolute Gasteiger partial charge is 0.324 e. The molecule has 0 aromatic carbocycles. The number of sulfonamides is 1. The fourth-order valence-corrected chi connectivity index (χ4v) is 5.33. The molecular formula is C12H21Cl2N3O2S2. The molecule has 2 heterocycles. The van der Waals surface area contributed by atoms with E-state index in [2.05, 4.69) is 4.90 Å². The van der Waals surface area contributed by atoms with Crippen molar-refractivity contribution in [3.63, 3.8) is 0 Å². The lowest BCUT2D eigenvalue weighted by Crippen LogP contribution is -2.53. The van der Waals surface area contributed by atoms with Crippen molar-refractivity contribution in [1.29, 1.82) is 0 Å². The minimum atomic E-state index is -3.40. The van der Waals surface area contributed by atoms with Crippen molar-refractivity contribution in [2.75, 3.05) is 32.7 Å². The van der Waals surface area contributed by atoms with Crippen molar-refractivity contribution in [3.8, 4) is 0 Å². The Labute approximate surface area is 141 Å². The Hall–Kier alpha value is 0.110. The van der Waals surface area contributed by atoms with Gasteiger partial charge >= 0.3 is 0 Å². The first-order valence-corrected chi connectivity index (χ1v) is 9.09. The molecule has 0 atom stereocenters. The van der Waals surface area contributed by atoms with Gasteiger partial charge in [0.05, 0.1) is 4.34 Å². The van der Waals surface area contributed by atoms with Gasteiger partial charge < -0.3 is 5.73 Å². The van der Waals surface area contributed by atoms with Crippen LogP contribution in [0.25, 0.3) is 0 Å². The van der Waals surface area contributed by atoms with Crippen LogP contribution in [0.5, 0.6) is 0 Å². The van der Waals surface area contributed by atoms with E-state index in [1.807, 2.05) is 13.8 Å². The molecule has 1 aromatic heterocycles. The van der Waals surface area contributed by atoms with Gasteiger partial charge in [0, 0.05) is 38.3 Å². The third-order valence-electron chi connectivity index (χ3n) is 3.11. The smallest absolute Gasteiger partial charge is 0.252 e. The lowest BCUT2D eigenvalue weighted by molar-refractivity contribution is 0.162. The van der Waals surface area contributed by atoms with Crippen LogP contribution in [-0.4, -0.2) is 55.9 Å². The Morgan fingerprint density at radius 2 is 1.86 bits per heavy atom. The van der Waals surface area contributed by atoms with Crippen LogP contribution in [0.15, 0.2) is 16.3 Å². The highest BCUT2D eigenvalue weighted by molar-refractivity contribution is 7.91. The second-order valence-electron chi connectivity index (χ2n) is 5.73. The van der Waals surface area contributed by atoms with Crippen molar-refractivity contribution in [2.45, 2.75) is 23.6 Å². The van der Waals surface area contributed by atoms with Gasteiger partial charge in [0.15, 0.2) is 0 Å². The maximum absolute atomic E-state index is 12.4. The van der Waals surface area contributed by atoms with Gasteiger partial charge in [-0.1, -0.05) is 11.6 Å². The zero-order valence-electron chi connectivity index (χ0n) is 12.1. The molecule has 1 aliphatic rings. The van der Waals surface area contributed by atoms with Gasteiger partial charge in [-0.25, -0.2) is 8.42 Å². The Bertz CT molecular complexity index is 561. The summed E-state index contributed by atoms with van der Waals surface area (Å²) in [5.41, 5.74) is 5.73. The van der Waals surface area contributed by atoms with Gasteiger partial charge in [0.25, 0.3) is 10.0 Å². The molecule has 1 aliphatic heterocycles. The van der Waals surface area contributed by atoms with E-state index >= 15 is 0 Å². The van der Waals surface area contributed by atoms with Gasteiger partial charge in [-0.15, -0.1) is 23.7 Å². The standard InChI is InChI=1S/C12H20ClN3O2S2.ClH/c1-12(2,14)9-15-5-7-16(8-6-15)20(17,18)11-4-3-10(13)19-11;/h3-4H,5-9,14H2,1-2H3;1H. The van der Waals surface area contributed by atoms with E-state index in [9.17, 15) is 8.42 Å². The number of halogens is 2. The average Bonchev–Trinajstić information content (AvgIpc) is 2.75. The van der Waals surface area contributed by atoms with Crippen LogP contribution in [0.2, 0.25) is 4.34 Å². The van der Waals surface area contributed by atoms with Crippen LogP contribution in [0.1, 0.15) is 13.8 Å². The zero-order valence-corrected chi connectivity index (χ0v) is 15.3. The molecule has 1 saturated heterocycles. The van der Waals surface area contributed by atoms with Crippen molar-refractivity contribution in [1.82, 2.24) is 9.21 Å². The fourth-order valence-electron chi connectivity index (χ4n) is 2.27. The topological polar surface area (TPSA) is 66.6 Å². The summed E-state index contributed by atoms with van der Waals surface area (Å²) in [6, 6.07) is 3.18. The summed E-state index contributed by atoms with van der Waals surface area (Å²) in [5.74, 6) is 0. The number of thiophene rings is 1. The first-order chi connectivity index (χ1) is 9.18. The lowest BCUT2D eigenvalue weighted by atomic mass is 10.1. The van der Waals surface area contributed by atoms with E-state index < -0.39 is 10.0 Å². The number of hydrogen-bond donors (Lipinski definition) is 1. The minimum Gasteiger partial charge on any atom is -0.324 e. The Kier molecular flexibility index (Phi) is 6.50. The normalized spacial score (nSPS) is 18.5. The SMILES string of the molecule is CC(C)(N)CN1CCN(S(=O)(=O)c2ccc(Cl)s2)CC1.Cl. The molecule has 0 amide bonds. The maximum Gasteiger partial charge on any atom is 0.252 e. The molecule has 122 valence electrons. The van der Waals surface area contributed by atoms with E-state index in [-0.39, 0.29) is 17.9 Å². The first-order valence-electron chi connectivity index (χ1n) is 6.45. The second-order valence-corrected chi connectivity index (χ2v) is 9.61. The number of piperazine rings is 1. The van der Waals surface area contributed by atoms with Crippen molar-refractivity contribution in [2.24, 2.45) is 5.73 Å².